The van der Waals surface area contributed by atoms with Crippen LogP contribution in [0.3, 0.4) is 0 Å². The highest BCUT2D eigenvalue weighted by molar-refractivity contribution is 6.26. The van der Waals surface area contributed by atoms with Crippen LogP contribution >= 0.6 is 0 Å². The van der Waals surface area contributed by atoms with Crippen LogP contribution in [0, 0.1) is 0 Å². The maximum absolute atomic E-state index is 12.6. The van der Waals surface area contributed by atoms with E-state index in [2.05, 4.69) is 0 Å². The predicted octanol–water partition coefficient (Wildman–Crippen LogP) is 2.01. The lowest BCUT2D eigenvalue weighted by Crippen LogP contribution is -2.26. The Balaban J connectivity index is 2.11. The summed E-state index contributed by atoms with van der Waals surface area (Å²) in [6, 6.07) is 5.09. The first-order chi connectivity index (χ1) is 11.1. The molecule has 118 valence electrons. The number of rotatable bonds is 3. The average Bonchev–Trinajstić information content (AvgIpc) is 3.37. The summed E-state index contributed by atoms with van der Waals surface area (Å²) in [7, 11) is 4.54. The molecule has 2 aromatic carbocycles. The monoisotopic (exact) mass is 314 g/mol. The first-order valence-corrected chi connectivity index (χ1v) is 7.12. The van der Waals surface area contributed by atoms with Gasteiger partial charge in [0.2, 0.25) is 5.75 Å². The van der Waals surface area contributed by atoms with Crippen LogP contribution in [0.2, 0.25) is 0 Å². The first-order valence-electron chi connectivity index (χ1n) is 7.12. The topological polar surface area (TPSA) is 74.4 Å². The standard InChI is InChI=1S/C17H14O6/c1-20-10-6-9-7(14(21-2)15(10)22-3)4-5-8-11(9)13(19)17-16(23-17)12(8)18/h4-6,16-17H,1-3H3/t16-,17+/m1/s1. The fourth-order valence-electron chi connectivity index (χ4n) is 3.22. The molecule has 1 saturated heterocycles. The molecule has 0 N–H and O–H groups in total. The zero-order chi connectivity index (χ0) is 16.3. The van der Waals surface area contributed by atoms with Crippen LogP contribution in [0.25, 0.3) is 10.8 Å². The Morgan fingerprint density at radius 1 is 0.870 bits per heavy atom. The Bertz CT molecular complexity index is 869. The van der Waals surface area contributed by atoms with Gasteiger partial charge in [-0.2, -0.15) is 0 Å². The van der Waals surface area contributed by atoms with E-state index in [0.29, 0.717) is 39.1 Å². The second-order valence-electron chi connectivity index (χ2n) is 5.43. The van der Waals surface area contributed by atoms with Gasteiger partial charge in [-0.25, -0.2) is 0 Å². The lowest BCUT2D eigenvalue weighted by Gasteiger charge is -2.18. The number of methoxy groups -OCH3 is 3. The van der Waals surface area contributed by atoms with Crippen molar-refractivity contribution in [3.63, 3.8) is 0 Å². The molecule has 0 radical (unpaired) electrons. The molecule has 6 heteroatoms. The van der Waals surface area contributed by atoms with E-state index in [-0.39, 0.29) is 11.6 Å². The lowest BCUT2D eigenvalue weighted by atomic mass is 9.85. The van der Waals surface area contributed by atoms with Gasteiger partial charge >= 0.3 is 0 Å². The second kappa shape index (κ2) is 4.70. The first kappa shape index (κ1) is 14.0. The van der Waals surface area contributed by atoms with Crippen LogP contribution in [-0.2, 0) is 4.74 Å². The summed E-state index contributed by atoms with van der Waals surface area (Å²) in [5.41, 5.74) is 0.751. The van der Waals surface area contributed by atoms with Crippen molar-refractivity contribution >= 4 is 22.3 Å². The Morgan fingerprint density at radius 3 is 2.22 bits per heavy atom. The van der Waals surface area contributed by atoms with E-state index >= 15 is 0 Å². The van der Waals surface area contributed by atoms with E-state index in [4.69, 9.17) is 18.9 Å². The number of hydrogen-bond acceptors (Lipinski definition) is 6. The molecule has 23 heavy (non-hydrogen) atoms. The van der Waals surface area contributed by atoms with Gasteiger partial charge in [0, 0.05) is 21.9 Å². The molecule has 2 aliphatic rings. The average molecular weight is 314 g/mol. The molecule has 0 amide bonds. The molecule has 1 heterocycles. The third kappa shape index (κ3) is 1.72. The molecule has 1 fully saturated rings. The minimum absolute atomic E-state index is 0.153. The molecule has 2 aromatic rings. The molecule has 2 atom stereocenters. The van der Waals surface area contributed by atoms with Crippen LogP contribution in [0.4, 0.5) is 0 Å². The highest BCUT2D eigenvalue weighted by atomic mass is 16.6. The molecule has 0 unspecified atom stereocenters. The van der Waals surface area contributed by atoms with Gasteiger partial charge in [0.05, 0.1) is 21.3 Å². The summed E-state index contributed by atoms with van der Waals surface area (Å²) in [5.74, 6) is 1.01. The minimum Gasteiger partial charge on any atom is -0.493 e. The third-order valence-electron chi connectivity index (χ3n) is 4.34. The Kier molecular flexibility index (Phi) is 2.86. The minimum atomic E-state index is -0.653. The van der Waals surface area contributed by atoms with E-state index in [9.17, 15) is 9.59 Å². The number of ketones is 2. The molecule has 6 nitrogen and oxygen atoms in total. The van der Waals surface area contributed by atoms with Gasteiger partial charge in [-0.15, -0.1) is 0 Å². The van der Waals surface area contributed by atoms with Crippen LogP contribution in [0.5, 0.6) is 17.2 Å². The molecule has 0 spiro atoms. The molecular formula is C17H14O6. The fourth-order valence-corrected chi connectivity index (χ4v) is 3.22. The summed E-state index contributed by atoms with van der Waals surface area (Å²) in [4.78, 5) is 24.9. The fraction of sp³-hybridized carbons (Fsp3) is 0.294. The number of carbonyl (C=O) groups is 2. The van der Waals surface area contributed by atoms with Crippen molar-refractivity contribution < 1.29 is 28.5 Å². The van der Waals surface area contributed by atoms with E-state index in [0.717, 1.165) is 0 Å². The number of epoxide rings is 1. The largest absolute Gasteiger partial charge is 0.493 e. The zero-order valence-electron chi connectivity index (χ0n) is 12.8. The molecule has 0 bridgehead atoms. The number of Topliss-reactive ketones (excluding diaryl/α,β-unsaturated/α-hetero) is 2. The lowest BCUT2D eigenvalue weighted by molar-refractivity contribution is 0.0923. The summed E-state index contributed by atoms with van der Waals surface area (Å²) >= 11 is 0. The zero-order valence-corrected chi connectivity index (χ0v) is 12.8. The van der Waals surface area contributed by atoms with Crippen molar-refractivity contribution in [1.29, 1.82) is 0 Å². The summed E-state index contributed by atoms with van der Waals surface area (Å²) in [6.07, 6.45) is -1.27. The third-order valence-corrected chi connectivity index (χ3v) is 4.34. The highest BCUT2D eigenvalue weighted by Gasteiger charge is 2.55. The molecule has 4 rings (SSSR count). The maximum Gasteiger partial charge on any atom is 0.203 e. The van der Waals surface area contributed by atoms with Gasteiger partial charge in [-0.05, 0) is 18.2 Å². The van der Waals surface area contributed by atoms with E-state index in [1.807, 2.05) is 0 Å². The van der Waals surface area contributed by atoms with Gasteiger partial charge < -0.3 is 18.9 Å². The normalized spacial score (nSPS) is 21.7. The van der Waals surface area contributed by atoms with Crippen molar-refractivity contribution in [3.05, 3.63) is 29.3 Å². The number of ether oxygens (including phenoxy) is 4. The molecule has 1 aliphatic heterocycles. The number of hydrogen-bond donors (Lipinski definition) is 0. The quantitative estimate of drug-likeness (QED) is 0.807. The maximum atomic E-state index is 12.6. The van der Waals surface area contributed by atoms with Gasteiger partial charge in [0.15, 0.2) is 35.3 Å². The SMILES string of the molecule is COc1cc2c3c(ccc2c(OC)c1OC)C(=O)[C@H]1O[C@H]1C3=O. The number of fused-ring (bicyclic) bond motifs is 4. The van der Waals surface area contributed by atoms with Crippen LogP contribution in [-0.4, -0.2) is 45.1 Å². The summed E-state index contributed by atoms with van der Waals surface area (Å²) < 4.78 is 21.4. The van der Waals surface area contributed by atoms with Gasteiger partial charge in [-0.1, -0.05) is 0 Å². The van der Waals surface area contributed by atoms with Gasteiger partial charge in [0.25, 0.3) is 0 Å². The Labute approximate surface area is 131 Å². The van der Waals surface area contributed by atoms with Gasteiger partial charge in [-0.3, -0.25) is 9.59 Å². The molecular weight excluding hydrogens is 300 g/mol. The Hall–Kier alpha value is -2.60. The molecule has 0 aromatic heterocycles. The highest BCUT2D eigenvalue weighted by Crippen LogP contribution is 2.47. The van der Waals surface area contributed by atoms with E-state index in [1.165, 1.54) is 21.3 Å². The van der Waals surface area contributed by atoms with Crippen molar-refractivity contribution in [2.75, 3.05) is 21.3 Å². The summed E-state index contributed by atoms with van der Waals surface area (Å²) in [6.45, 7) is 0. The van der Waals surface area contributed by atoms with Crippen molar-refractivity contribution in [2.45, 2.75) is 12.2 Å². The van der Waals surface area contributed by atoms with E-state index in [1.54, 1.807) is 18.2 Å². The number of benzene rings is 2. The van der Waals surface area contributed by atoms with Crippen LogP contribution in [0.1, 0.15) is 20.7 Å². The Morgan fingerprint density at radius 2 is 1.57 bits per heavy atom. The van der Waals surface area contributed by atoms with Crippen molar-refractivity contribution in [3.8, 4) is 17.2 Å². The molecule has 1 aliphatic carbocycles. The van der Waals surface area contributed by atoms with Crippen LogP contribution in [0.15, 0.2) is 18.2 Å². The second-order valence-corrected chi connectivity index (χ2v) is 5.43. The predicted molar refractivity (Wildman–Crippen MR) is 80.9 cm³/mol. The van der Waals surface area contributed by atoms with Crippen LogP contribution < -0.4 is 14.2 Å². The van der Waals surface area contributed by atoms with E-state index < -0.39 is 12.2 Å². The van der Waals surface area contributed by atoms with Crippen molar-refractivity contribution in [2.24, 2.45) is 0 Å². The van der Waals surface area contributed by atoms with Gasteiger partial charge in [0.1, 0.15) is 0 Å². The molecule has 0 saturated carbocycles. The number of carbonyl (C=O) groups excluding carboxylic acids is 2. The summed E-state index contributed by atoms with van der Waals surface area (Å²) in [5, 5.41) is 1.29. The van der Waals surface area contributed by atoms with Crippen molar-refractivity contribution in [1.82, 2.24) is 0 Å². The smallest absolute Gasteiger partial charge is 0.203 e.